The minimum atomic E-state index is -0.835. The number of hydrogen-bond acceptors (Lipinski definition) is 6. The van der Waals surface area contributed by atoms with Crippen LogP contribution in [0.1, 0.15) is 25.2 Å². The molecule has 0 bridgehead atoms. The molecule has 0 saturated heterocycles. The summed E-state index contributed by atoms with van der Waals surface area (Å²) in [6.07, 6.45) is 1.74. The number of nitrogens with zero attached hydrogens (tertiary/aromatic N) is 3. The van der Waals surface area contributed by atoms with Crippen molar-refractivity contribution in [3.8, 4) is 11.4 Å². The molecule has 0 aliphatic rings. The van der Waals surface area contributed by atoms with E-state index >= 15 is 0 Å². The van der Waals surface area contributed by atoms with E-state index in [1.807, 2.05) is 0 Å². The number of unbranched alkanes of at least 4 members (excludes halogenated alkanes) is 1. The number of aryl methyl sites for hydroxylation is 1. The van der Waals surface area contributed by atoms with E-state index in [4.69, 9.17) is 9.63 Å². The molecule has 0 unspecified atom stereocenters. The zero-order valence-corrected chi connectivity index (χ0v) is 11.1. The van der Waals surface area contributed by atoms with E-state index in [0.29, 0.717) is 30.7 Å². The topological polar surface area (TPSA) is 119 Å². The van der Waals surface area contributed by atoms with Crippen LogP contribution in [0.25, 0.3) is 11.4 Å². The summed E-state index contributed by atoms with van der Waals surface area (Å²) in [4.78, 5) is 24.8. The number of hydrogen-bond donors (Lipinski definition) is 1. The summed E-state index contributed by atoms with van der Waals surface area (Å²) < 4.78 is 5.05. The van der Waals surface area contributed by atoms with Crippen LogP contribution in [0.2, 0.25) is 0 Å². The standard InChI is InChI=1S/C13H13N3O5/c17-12(18)7-2-1-6-11-14-13(15-21-11)9-4-3-5-10(8-9)16(19)20/h3-5,8H,1-2,6-7H2,(H,17,18). The van der Waals surface area contributed by atoms with Gasteiger partial charge >= 0.3 is 5.97 Å². The summed E-state index contributed by atoms with van der Waals surface area (Å²) in [5.74, 6) is -0.161. The van der Waals surface area contributed by atoms with Crippen LogP contribution in [0.4, 0.5) is 5.69 Å². The Labute approximate surface area is 119 Å². The molecule has 8 nitrogen and oxygen atoms in total. The lowest BCUT2D eigenvalue weighted by atomic mass is 10.2. The molecular weight excluding hydrogens is 278 g/mol. The maximum absolute atomic E-state index is 10.7. The smallest absolute Gasteiger partial charge is 0.303 e. The molecule has 2 rings (SSSR count). The molecule has 0 saturated carbocycles. The van der Waals surface area contributed by atoms with E-state index < -0.39 is 10.9 Å². The molecular formula is C13H13N3O5. The van der Waals surface area contributed by atoms with Gasteiger partial charge < -0.3 is 9.63 Å². The molecule has 2 aromatic rings. The van der Waals surface area contributed by atoms with Crippen LogP contribution in [-0.4, -0.2) is 26.1 Å². The fraction of sp³-hybridized carbons (Fsp3) is 0.308. The molecule has 21 heavy (non-hydrogen) atoms. The Morgan fingerprint density at radius 3 is 2.90 bits per heavy atom. The molecule has 1 aromatic carbocycles. The van der Waals surface area contributed by atoms with Crippen molar-refractivity contribution in [3.63, 3.8) is 0 Å². The molecule has 0 radical (unpaired) electrons. The van der Waals surface area contributed by atoms with Gasteiger partial charge in [0, 0.05) is 30.5 Å². The SMILES string of the molecule is O=C(O)CCCCc1nc(-c2cccc([N+](=O)[O-])c2)no1. The number of benzene rings is 1. The summed E-state index contributed by atoms with van der Waals surface area (Å²) in [6.45, 7) is 0. The molecule has 0 spiro atoms. The second-order valence-corrected chi connectivity index (χ2v) is 4.42. The van der Waals surface area contributed by atoms with Gasteiger partial charge in [0.25, 0.3) is 5.69 Å². The van der Waals surface area contributed by atoms with Crippen molar-refractivity contribution in [1.29, 1.82) is 0 Å². The average molecular weight is 291 g/mol. The Bertz CT molecular complexity index is 653. The zero-order valence-electron chi connectivity index (χ0n) is 11.1. The largest absolute Gasteiger partial charge is 0.481 e. The molecule has 0 aliphatic heterocycles. The number of aliphatic carboxylic acids is 1. The first-order chi connectivity index (χ1) is 10.1. The minimum absolute atomic E-state index is 0.0414. The van der Waals surface area contributed by atoms with Crippen molar-refractivity contribution in [2.45, 2.75) is 25.7 Å². The first kappa shape index (κ1) is 14.6. The van der Waals surface area contributed by atoms with E-state index in [9.17, 15) is 14.9 Å². The normalized spacial score (nSPS) is 10.5. The van der Waals surface area contributed by atoms with Crippen molar-refractivity contribution in [3.05, 3.63) is 40.3 Å². The van der Waals surface area contributed by atoms with Gasteiger partial charge in [-0.25, -0.2) is 0 Å². The second-order valence-electron chi connectivity index (χ2n) is 4.42. The van der Waals surface area contributed by atoms with Crippen molar-refractivity contribution >= 4 is 11.7 Å². The molecule has 1 heterocycles. The third-order valence-electron chi connectivity index (χ3n) is 2.81. The molecule has 110 valence electrons. The third-order valence-corrected chi connectivity index (χ3v) is 2.81. The van der Waals surface area contributed by atoms with Crippen molar-refractivity contribution in [2.75, 3.05) is 0 Å². The monoisotopic (exact) mass is 291 g/mol. The predicted molar refractivity (Wildman–Crippen MR) is 71.6 cm³/mol. The minimum Gasteiger partial charge on any atom is -0.481 e. The number of carboxylic acid groups (broad SMARTS) is 1. The lowest BCUT2D eigenvalue weighted by molar-refractivity contribution is -0.384. The van der Waals surface area contributed by atoms with Gasteiger partial charge in [-0.1, -0.05) is 17.3 Å². The van der Waals surface area contributed by atoms with Crippen LogP contribution in [0.5, 0.6) is 0 Å². The summed E-state index contributed by atoms with van der Waals surface area (Å²) >= 11 is 0. The Kier molecular flexibility index (Phi) is 4.60. The number of non-ortho nitro benzene ring substituents is 1. The Morgan fingerprint density at radius 1 is 1.38 bits per heavy atom. The van der Waals surface area contributed by atoms with Gasteiger partial charge in [0.05, 0.1) is 4.92 Å². The zero-order chi connectivity index (χ0) is 15.2. The van der Waals surface area contributed by atoms with Gasteiger partial charge in [0.15, 0.2) is 0 Å². The van der Waals surface area contributed by atoms with E-state index in [0.717, 1.165) is 0 Å². The van der Waals surface area contributed by atoms with Crippen molar-refractivity contribution in [2.24, 2.45) is 0 Å². The van der Waals surface area contributed by atoms with E-state index in [1.54, 1.807) is 12.1 Å². The molecule has 0 aliphatic carbocycles. The number of nitro groups is 1. The molecule has 1 aromatic heterocycles. The van der Waals surface area contributed by atoms with Gasteiger partial charge in [-0.2, -0.15) is 4.98 Å². The van der Waals surface area contributed by atoms with E-state index in [-0.39, 0.29) is 17.9 Å². The highest BCUT2D eigenvalue weighted by molar-refractivity contribution is 5.66. The number of rotatable bonds is 7. The van der Waals surface area contributed by atoms with Crippen LogP contribution in [0.15, 0.2) is 28.8 Å². The molecule has 0 fully saturated rings. The summed E-state index contributed by atoms with van der Waals surface area (Å²) in [5, 5.41) is 23.0. The number of aromatic nitrogens is 2. The summed E-state index contributed by atoms with van der Waals surface area (Å²) in [7, 11) is 0. The second kappa shape index (κ2) is 6.60. The van der Waals surface area contributed by atoms with Gasteiger partial charge in [0.1, 0.15) is 0 Å². The number of nitro benzene ring substituents is 1. The molecule has 0 amide bonds. The highest BCUT2D eigenvalue weighted by Gasteiger charge is 2.12. The van der Waals surface area contributed by atoms with E-state index in [1.165, 1.54) is 12.1 Å². The highest BCUT2D eigenvalue weighted by Crippen LogP contribution is 2.21. The molecule has 1 N–H and O–H groups in total. The van der Waals surface area contributed by atoms with Crippen LogP contribution in [-0.2, 0) is 11.2 Å². The van der Waals surface area contributed by atoms with Gasteiger partial charge in [-0.3, -0.25) is 14.9 Å². The highest BCUT2D eigenvalue weighted by atomic mass is 16.6. The van der Waals surface area contributed by atoms with Crippen molar-refractivity contribution < 1.29 is 19.3 Å². The maximum atomic E-state index is 10.7. The van der Waals surface area contributed by atoms with Gasteiger partial charge in [-0.05, 0) is 12.8 Å². The summed E-state index contributed by atoms with van der Waals surface area (Å²) in [6, 6.07) is 5.97. The maximum Gasteiger partial charge on any atom is 0.303 e. The van der Waals surface area contributed by atoms with Crippen LogP contribution in [0.3, 0.4) is 0 Å². The summed E-state index contributed by atoms with van der Waals surface area (Å²) in [5.41, 5.74) is 0.463. The van der Waals surface area contributed by atoms with Crippen LogP contribution >= 0.6 is 0 Å². The Balaban J connectivity index is 2.01. The van der Waals surface area contributed by atoms with Gasteiger partial charge in [0.2, 0.25) is 11.7 Å². The quantitative estimate of drug-likeness (QED) is 0.472. The van der Waals surface area contributed by atoms with Gasteiger partial charge in [-0.15, -0.1) is 0 Å². The Hall–Kier alpha value is -2.77. The van der Waals surface area contributed by atoms with Crippen molar-refractivity contribution in [1.82, 2.24) is 10.1 Å². The third kappa shape index (κ3) is 4.10. The van der Waals surface area contributed by atoms with E-state index in [2.05, 4.69) is 10.1 Å². The molecule has 0 atom stereocenters. The fourth-order valence-electron chi connectivity index (χ4n) is 1.78. The number of carbonyl (C=O) groups is 1. The first-order valence-electron chi connectivity index (χ1n) is 6.35. The van der Waals surface area contributed by atoms with Crippen LogP contribution in [0, 0.1) is 10.1 Å². The average Bonchev–Trinajstić information content (AvgIpc) is 2.92. The fourth-order valence-corrected chi connectivity index (χ4v) is 1.78. The lowest BCUT2D eigenvalue weighted by Crippen LogP contribution is -1.95. The number of carboxylic acids is 1. The lowest BCUT2D eigenvalue weighted by Gasteiger charge is -1.94. The Morgan fingerprint density at radius 2 is 2.19 bits per heavy atom. The molecule has 8 heteroatoms. The first-order valence-corrected chi connectivity index (χ1v) is 6.35. The van der Waals surface area contributed by atoms with Crippen LogP contribution < -0.4 is 0 Å². The predicted octanol–water partition coefficient (Wildman–Crippen LogP) is 2.44.